The van der Waals surface area contributed by atoms with Crippen LogP contribution >= 0.6 is 15.9 Å². The summed E-state index contributed by atoms with van der Waals surface area (Å²) in [6.07, 6.45) is 2.44. The van der Waals surface area contributed by atoms with Gasteiger partial charge in [0.25, 0.3) is 0 Å². The highest BCUT2D eigenvalue weighted by Crippen LogP contribution is 2.15. The molecule has 1 fully saturated rings. The van der Waals surface area contributed by atoms with Gasteiger partial charge in [-0.2, -0.15) is 0 Å². The molecule has 0 radical (unpaired) electrons. The van der Waals surface area contributed by atoms with E-state index in [0.29, 0.717) is 11.2 Å². The number of carbonyl (C=O) groups is 1. The van der Waals surface area contributed by atoms with Crippen LogP contribution in [0.3, 0.4) is 0 Å². The zero-order valence-corrected chi connectivity index (χ0v) is 10.3. The molecule has 1 heterocycles. The Morgan fingerprint density at radius 3 is 2.64 bits per heavy atom. The van der Waals surface area contributed by atoms with E-state index in [1.165, 1.54) is 25.9 Å². The number of hydrogen-bond acceptors (Lipinski definition) is 2. The number of likely N-dealkylation sites (tertiary alicyclic amines) is 1. The lowest BCUT2D eigenvalue weighted by Gasteiger charge is -2.30. The molecule has 0 bridgehead atoms. The summed E-state index contributed by atoms with van der Waals surface area (Å²) < 4.78 is 0. The molecule has 1 N–H and O–H groups in total. The summed E-state index contributed by atoms with van der Waals surface area (Å²) in [7, 11) is 0. The van der Waals surface area contributed by atoms with Crippen LogP contribution in [0.4, 0.5) is 0 Å². The number of alkyl halides is 1. The number of amides is 1. The van der Waals surface area contributed by atoms with Gasteiger partial charge >= 0.3 is 0 Å². The maximum Gasteiger partial charge on any atom is 0.230 e. The summed E-state index contributed by atoms with van der Waals surface area (Å²) in [5.41, 5.74) is 0. The van der Waals surface area contributed by atoms with Gasteiger partial charge in [-0.3, -0.25) is 4.79 Å². The molecular formula is C10H19BrN2O. The molecule has 0 aromatic rings. The molecule has 0 aliphatic carbocycles. The van der Waals surface area contributed by atoms with E-state index in [9.17, 15) is 4.79 Å². The Kier molecular flexibility index (Phi) is 5.48. The van der Waals surface area contributed by atoms with E-state index in [1.807, 2.05) is 0 Å². The van der Waals surface area contributed by atoms with E-state index in [4.69, 9.17) is 0 Å². The number of carbonyl (C=O) groups excluding carboxylic acids is 1. The first-order valence-corrected chi connectivity index (χ1v) is 6.43. The fraction of sp³-hybridized carbons (Fsp3) is 0.900. The number of nitrogens with zero attached hydrogens (tertiary/aromatic N) is 1. The van der Waals surface area contributed by atoms with Gasteiger partial charge in [0.1, 0.15) is 0 Å². The van der Waals surface area contributed by atoms with Crippen LogP contribution in [0.2, 0.25) is 0 Å². The second-order valence-electron chi connectivity index (χ2n) is 3.82. The first kappa shape index (κ1) is 12.0. The highest BCUT2D eigenvalue weighted by Gasteiger charge is 2.17. The molecule has 0 aromatic heterocycles. The summed E-state index contributed by atoms with van der Waals surface area (Å²) in [4.78, 5) is 13.5. The van der Waals surface area contributed by atoms with Crippen molar-refractivity contribution < 1.29 is 4.79 Å². The molecule has 0 atom stereocenters. The molecule has 82 valence electrons. The Morgan fingerprint density at radius 1 is 1.50 bits per heavy atom. The first-order chi connectivity index (χ1) is 6.76. The molecular weight excluding hydrogens is 244 g/mol. The third-order valence-corrected chi connectivity index (χ3v) is 3.37. The molecule has 4 heteroatoms. The minimum atomic E-state index is 0.0999. The Morgan fingerprint density at radius 2 is 2.14 bits per heavy atom. The van der Waals surface area contributed by atoms with Gasteiger partial charge < -0.3 is 10.2 Å². The van der Waals surface area contributed by atoms with Gasteiger partial charge in [0.2, 0.25) is 5.91 Å². The minimum Gasteiger partial charge on any atom is -0.355 e. The van der Waals surface area contributed by atoms with Crippen molar-refractivity contribution >= 4 is 21.8 Å². The Labute approximate surface area is 94.4 Å². The van der Waals surface area contributed by atoms with Crippen LogP contribution in [-0.2, 0) is 4.79 Å². The number of halogens is 1. The number of piperidine rings is 1. The summed E-state index contributed by atoms with van der Waals surface area (Å²) in [5.74, 6) is 0.781. The highest BCUT2D eigenvalue weighted by atomic mass is 79.9. The fourth-order valence-electron chi connectivity index (χ4n) is 1.81. The van der Waals surface area contributed by atoms with E-state index in [-0.39, 0.29) is 5.91 Å². The van der Waals surface area contributed by atoms with Crippen LogP contribution in [0.1, 0.15) is 19.8 Å². The van der Waals surface area contributed by atoms with Gasteiger partial charge in [-0.1, -0.05) is 22.9 Å². The molecule has 3 nitrogen and oxygen atoms in total. The summed E-state index contributed by atoms with van der Waals surface area (Å²) in [6, 6.07) is 0. The zero-order valence-electron chi connectivity index (χ0n) is 8.76. The van der Waals surface area contributed by atoms with E-state index in [2.05, 4.69) is 33.1 Å². The first-order valence-electron chi connectivity index (χ1n) is 5.31. The Bertz CT molecular complexity index is 179. The van der Waals surface area contributed by atoms with E-state index >= 15 is 0 Å². The lowest BCUT2D eigenvalue weighted by Crippen LogP contribution is -2.38. The standard InChI is InChI=1S/C10H19BrN2O/c1-2-13-5-3-9(4-6-13)8-12-10(14)7-11/h9H,2-8H2,1H3,(H,12,14). The van der Waals surface area contributed by atoms with Gasteiger partial charge in [0, 0.05) is 6.54 Å². The van der Waals surface area contributed by atoms with Gasteiger partial charge in [-0.25, -0.2) is 0 Å². The summed E-state index contributed by atoms with van der Waals surface area (Å²) in [6.45, 7) is 6.58. The lowest BCUT2D eigenvalue weighted by atomic mass is 9.97. The molecule has 0 aromatic carbocycles. The van der Waals surface area contributed by atoms with Gasteiger partial charge in [-0.05, 0) is 38.4 Å². The molecule has 1 saturated heterocycles. The minimum absolute atomic E-state index is 0.0999. The average Bonchev–Trinajstić information content (AvgIpc) is 2.26. The van der Waals surface area contributed by atoms with E-state index < -0.39 is 0 Å². The maximum absolute atomic E-state index is 11.0. The predicted octanol–water partition coefficient (Wildman–Crippen LogP) is 1.23. The van der Waals surface area contributed by atoms with E-state index in [0.717, 1.165) is 13.1 Å². The topological polar surface area (TPSA) is 32.3 Å². The van der Waals surface area contributed by atoms with E-state index in [1.54, 1.807) is 0 Å². The maximum atomic E-state index is 11.0. The Balaban J connectivity index is 2.13. The number of rotatable bonds is 4. The van der Waals surface area contributed by atoms with Gasteiger partial charge in [0.15, 0.2) is 0 Å². The molecule has 0 unspecified atom stereocenters. The fourth-order valence-corrected chi connectivity index (χ4v) is 2.01. The van der Waals surface area contributed by atoms with Crippen molar-refractivity contribution in [3.63, 3.8) is 0 Å². The molecule has 1 aliphatic heterocycles. The Hall–Kier alpha value is -0.0900. The summed E-state index contributed by atoms with van der Waals surface area (Å²) >= 11 is 3.14. The predicted molar refractivity (Wildman–Crippen MR) is 61.6 cm³/mol. The van der Waals surface area contributed by atoms with Crippen LogP contribution in [0, 0.1) is 5.92 Å². The lowest BCUT2D eigenvalue weighted by molar-refractivity contribution is -0.118. The van der Waals surface area contributed by atoms with Crippen LogP contribution in [0.5, 0.6) is 0 Å². The summed E-state index contributed by atoms with van der Waals surface area (Å²) in [5, 5.41) is 3.35. The van der Waals surface area contributed by atoms with Crippen molar-refractivity contribution in [2.24, 2.45) is 5.92 Å². The van der Waals surface area contributed by atoms with Crippen LogP contribution in [0.25, 0.3) is 0 Å². The second-order valence-corrected chi connectivity index (χ2v) is 4.38. The molecule has 14 heavy (non-hydrogen) atoms. The smallest absolute Gasteiger partial charge is 0.230 e. The van der Waals surface area contributed by atoms with Crippen molar-refractivity contribution in [2.45, 2.75) is 19.8 Å². The normalized spacial score (nSPS) is 19.6. The molecule has 0 saturated carbocycles. The molecule has 0 spiro atoms. The van der Waals surface area contributed by atoms with Crippen molar-refractivity contribution in [3.05, 3.63) is 0 Å². The van der Waals surface area contributed by atoms with Gasteiger partial charge in [-0.15, -0.1) is 0 Å². The zero-order chi connectivity index (χ0) is 10.4. The van der Waals surface area contributed by atoms with Crippen LogP contribution in [-0.4, -0.2) is 42.3 Å². The third kappa shape index (κ3) is 3.96. The monoisotopic (exact) mass is 262 g/mol. The van der Waals surface area contributed by atoms with Crippen molar-refractivity contribution in [3.8, 4) is 0 Å². The largest absolute Gasteiger partial charge is 0.355 e. The number of nitrogens with one attached hydrogen (secondary N) is 1. The van der Waals surface area contributed by atoms with Crippen molar-refractivity contribution in [1.82, 2.24) is 10.2 Å². The highest BCUT2D eigenvalue weighted by molar-refractivity contribution is 9.09. The van der Waals surface area contributed by atoms with Crippen molar-refractivity contribution in [2.75, 3.05) is 31.5 Å². The molecule has 1 amide bonds. The van der Waals surface area contributed by atoms with Gasteiger partial charge in [0.05, 0.1) is 5.33 Å². The molecule has 1 aliphatic rings. The quantitative estimate of drug-likeness (QED) is 0.774. The van der Waals surface area contributed by atoms with Crippen LogP contribution in [0.15, 0.2) is 0 Å². The second kappa shape index (κ2) is 6.40. The van der Waals surface area contributed by atoms with Crippen LogP contribution < -0.4 is 5.32 Å². The van der Waals surface area contributed by atoms with Crippen molar-refractivity contribution in [1.29, 1.82) is 0 Å². The number of hydrogen-bond donors (Lipinski definition) is 1. The third-order valence-electron chi connectivity index (χ3n) is 2.86. The SMILES string of the molecule is CCN1CCC(CNC(=O)CBr)CC1. The molecule has 1 rings (SSSR count). The average molecular weight is 263 g/mol.